The van der Waals surface area contributed by atoms with Gasteiger partial charge >= 0.3 is 0 Å². The van der Waals surface area contributed by atoms with E-state index in [1.165, 1.54) is 12.1 Å². The fourth-order valence-corrected chi connectivity index (χ4v) is 5.24. The third-order valence-corrected chi connectivity index (χ3v) is 6.79. The van der Waals surface area contributed by atoms with Crippen LogP contribution >= 0.6 is 0 Å². The van der Waals surface area contributed by atoms with E-state index in [4.69, 9.17) is 14.8 Å². The van der Waals surface area contributed by atoms with E-state index < -0.39 is 0 Å². The van der Waals surface area contributed by atoms with Gasteiger partial charge in [-0.1, -0.05) is 0 Å². The van der Waals surface area contributed by atoms with Gasteiger partial charge in [0.25, 0.3) is 0 Å². The van der Waals surface area contributed by atoms with Crippen LogP contribution in [0.15, 0.2) is 54.7 Å². The van der Waals surface area contributed by atoms with Crippen LogP contribution in [0.1, 0.15) is 0 Å². The maximum Gasteiger partial charge on any atom is 0.213 e. The number of anilines is 1. The summed E-state index contributed by atoms with van der Waals surface area (Å²) >= 11 is 0. The topological polar surface area (TPSA) is 58.8 Å². The first-order valence-corrected chi connectivity index (χ1v) is 11.2. The maximum atomic E-state index is 13.6. The minimum atomic E-state index is -0.278. The Bertz CT molecular complexity index is 1310. The molecule has 168 valence electrons. The lowest BCUT2D eigenvalue weighted by molar-refractivity contribution is 0.386. The van der Waals surface area contributed by atoms with Gasteiger partial charge in [-0.25, -0.2) is 18.9 Å². The average Bonchev–Trinajstić information content (AvgIpc) is 3.50. The van der Waals surface area contributed by atoms with E-state index in [1.54, 1.807) is 25.4 Å². The molecule has 5 heterocycles. The Labute approximate surface area is 191 Å². The molecule has 2 unspecified atom stereocenters. The fourth-order valence-electron chi connectivity index (χ4n) is 5.24. The van der Waals surface area contributed by atoms with Gasteiger partial charge in [-0.05, 0) is 61.3 Å². The van der Waals surface area contributed by atoms with Crippen LogP contribution in [0, 0.1) is 17.7 Å². The molecular formula is C25H25FN6O. The van der Waals surface area contributed by atoms with Gasteiger partial charge in [0.15, 0.2) is 5.65 Å². The molecule has 4 aromatic rings. The molecule has 2 aliphatic rings. The smallest absolute Gasteiger partial charge is 0.213 e. The number of likely N-dealkylation sites (tertiary alicyclic amines) is 1. The minimum absolute atomic E-state index is 0.278. The minimum Gasteiger partial charge on any atom is -0.481 e. The van der Waals surface area contributed by atoms with Crippen molar-refractivity contribution >= 4 is 11.5 Å². The first-order valence-electron chi connectivity index (χ1n) is 11.2. The quantitative estimate of drug-likeness (QED) is 0.479. The average molecular weight is 445 g/mol. The normalized spacial score (nSPS) is 20.5. The standard InChI is InChI=1S/C25H25FN6O/c1-30-12-18-14-31(15-19(18)13-30)22-8-7-21-28-24(16-3-5-20(26)6-4-16)25(32(21)29-22)17-9-10-27-23(11-17)33-2/h3-11,18-19H,12-15H2,1-2H3. The zero-order chi connectivity index (χ0) is 22.5. The molecule has 2 atom stereocenters. The number of imidazole rings is 1. The van der Waals surface area contributed by atoms with Crippen molar-refractivity contribution in [3.63, 3.8) is 0 Å². The van der Waals surface area contributed by atoms with Crippen LogP contribution in [0.2, 0.25) is 0 Å². The van der Waals surface area contributed by atoms with Gasteiger partial charge in [0.1, 0.15) is 17.3 Å². The molecule has 6 rings (SSSR count). The van der Waals surface area contributed by atoms with Crippen molar-refractivity contribution in [3.8, 4) is 28.4 Å². The summed E-state index contributed by atoms with van der Waals surface area (Å²) < 4.78 is 20.9. The van der Waals surface area contributed by atoms with Gasteiger partial charge in [-0.2, -0.15) is 0 Å². The van der Waals surface area contributed by atoms with Gasteiger partial charge in [-0.3, -0.25) is 0 Å². The van der Waals surface area contributed by atoms with Crippen molar-refractivity contribution in [2.75, 3.05) is 45.2 Å². The number of ether oxygens (including phenoxy) is 1. The highest BCUT2D eigenvalue weighted by Gasteiger charge is 2.39. The molecule has 3 aromatic heterocycles. The number of halogens is 1. The maximum absolute atomic E-state index is 13.6. The molecule has 2 saturated heterocycles. The van der Waals surface area contributed by atoms with E-state index >= 15 is 0 Å². The molecule has 0 radical (unpaired) electrons. The monoisotopic (exact) mass is 444 g/mol. The predicted molar refractivity (Wildman–Crippen MR) is 125 cm³/mol. The molecule has 1 aromatic carbocycles. The second-order valence-electron chi connectivity index (χ2n) is 9.01. The lowest BCUT2D eigenvalue weighted by Gasteiger charge is -2.20. The highest BCUT2D eigenvalue weighted by atomic mass is 19.1. The van der Waals surface area contributed by atoms with Gasteiger partial charge in [0.05, 0.1) is 12.8 Å². The number of rotatable bonds is 4. The molecule has 2 fully saturated rings. The van der Waals surface area contributed by atoms with E-state index in [0.717, 1.165) is 60.2 Å². The first kappa shape index (κ1) is 20.1. The predicted octanol–water partition coefficient (Wildman–Crippen LogP) is 3.60. The molecule has 0 saturated carbocycles. The number of fused-ring (bicyclic) bond motifs is 2. The first-order chi connectivity index (χ1) is 16.1. The van der Waals surface area contributed by atoms with Crippen molar-refractivity contribution in [1.29, 1.82) is 0 Å². The van der Waals surface area contributed by atoms with E-state index in [-0.39, 0.29) is 5.82 Å². The van der Waals surface area contributed by atoms with Crippen molar-refractivity contribution in [2.24, 2.45) is 11.8 Å². The zero-order valence-corrected chi connectivity index (χ0v) is 18.6. The summed E-state index contributed by atoms with van der Waals surface area (Å²) in [6.07, 6.45) is 1.71. The van der Waals surface area contributed by atoms with Crippen molar-refractivity contribution in [3.05, 3.63) is 60.5 Å². The van der Waals surface area contributed by atoms with Crippen LogP contribution in [-0.4, -0.2) is 64.8 Å². The lowest BCUT2D eigenvalue weighted by Crippen LogP contribution is -2.27. The Morgan fingerprint density at radius 2 is 1.70 bits per heavy atom. The largest absolute Gasteiger partial charge is 0.481 e. The number of pyridine rings is 1. The molecule has 33 heavy (non-hydrogen) atoms. The molecule has 0 N–H and O–H groups in total. The number of nitrogens with zero attached hydrogens (tertiary/aromatic N) is 6. The van der Waals surface area contributed by atoms with Crippen LogP contribution in [-0.2, 0) is 0 Å². The van der Waals surface area contributed by atoms with Crippen LogP contribution in [0.3, 0.4) is 0 Å². The number of hydrogen-bond acceptors (Lipinski definition) is 6. The fraction of sp³-hybridized carbons (Fsp3) is 0.320. The molecule has 2 aliphatic heterocycles. The van der Waals surface area contributed by atoms with E-state index in [1.807, 2.05) is 22.7 Å². The van der Waals surface area contributed by atoms with Crippen LogP contribution in [0.25, 0.3) is 28.2 Å². The summed E-state index contributed by atoms with van der Waals surface area (Å²) in [5, 5.41) is 5.03. The Hall–Kier alpha value is -3.52. The lowest BCUT2D eigenvalue weighted by atomic mass is 10.0. The second-order valence-corrected chi connectivity index (χ2v) is 9.01. The number of aromatic nitrogens is 4. The van der Waals surface area contributed by atoms with Gasteiger partial charge in [0, 0.05) is 49.6 Å². The highest BCUT2D eigenvalue weighted by Crippen LogP contribution is 2.36. The zero-order valence-electron chi connectivity index (χ0n) is 18.6. The van der Waals surface area contributed by atoms with E-state index in [2.05, 4.69) is 27.9 Å². The SMILES string of the molecule is COc1cc(-c2c(-c3ccc(F)cc3)nc3ccc(N4CC5CN(C)CC5C4)nn23)ccn1. The molecule has 0 amide bonds. The Balaban J connectivity index is 1.48. The summed E-state index contributed by atoms with van der Waals surface area (Å²) in [5.41, 5.74) is 4.03. The van der Waals surface area contributed by atoms with Gasteiger partial charge in [-0.15, -0.1) is 5.10 Å². The number of hydrogen-bond donors (Lipinski definition) is 0. The molecule has 0 bridgehead atoms. The Morgan fingerprint density at radius 1 is 0.939 bits per heavy atom. The van der Waals surface area contributed by atoms with Gasteiger partial charge in [0.2, 0.25) is 5.88 Å². The molecule has 8 heteroatoms. The summed E-state index contributed by atoms with van der Waals surface area (Å²) in [6.45, 7) is 4.33. The van der Waals surface area contributed by atoms with Crippen LogP contribution < -0.4 is 9.64 Å². The summed E-state index contributed by atoms with van der Waals surface area (Å²) in [5.74, 6) is 2.56. The van der Waals surface area contributed by atoms with Gasteiger partial charge < -0.3 is 14.5 Å². The summed E-state index contributed by atoms with van der Waals surface area (Å²) in [4.78, 5) is 13.9. The van der Waals surface area contributed by atoms with Crippen LogP contribution in [0.4, 0.5) is 10.2 Å². The summed E-state index contributed by atoms with van der Waals surface area (Å²) in [6, 6.07) is 14.3. The van der Waals surface area contributed by atoms with Crippen LogP contribution in [0.5, 0.6) is 5.88 Å². The van der Waals surface area contributed by atoms with Crippen molar-refractivity contribution in [2.45, 2.75) is 0 Å². The Kier molecular flexibility index (Phi) is 4.76. The number of methoxy groups -OCH3 is 1. The molecule has 0 spiro atoms. The molecule has 0 aliphatic carbocycles. The van der Waals surface area contributed by atoms with E-state index in [0.29, 0.717) is 17.7 Å². The Morgan fingerprint density at radius 3 is 2.42 bits per heavy atom. The molecule has 7 nitrogen and oxygen atoms in total. The highest BCUT2D eigenvalue weighted by molar-refractivity contribution is 5.82. The second kappa shape index (κ2) is 7.81. The van der Waals surface area contributed by atoms with E-state index in [9.17, 15) is 4.39 Å². The third-order valence-electron chi connectivity index (χ3n) is 6.79. The molecular weight excluding hydrogens is 419 g/mol. The number of benzene rings is 1. The third kappa shape index (κ3) is 3.51. The van der Waals surface area contributed by atoms with Crippen molar-refractivity contribution < 1.29 is 9.13 Å². The van der Waals surface area contributed by atoms with Crippen molar-refractivity contribution in [1.82, 2.24) is 24.5 Å². The summed E-state index contributed by atoms with van der Waals surface area (Å²) in [7, 11) is 3.80.